The highest BCUT2D eigenvalue weighted by atomic mass is 35.5. The van der Waals surface area contributed by atoms with Gasteiger partial charge in [-0.25, -0.2) is 18.5 Å². The minimum Gasteiger partial charge on any atom is -0.459 e. The Labute approximate surface area is 201 Å². The van der Waals surface area contributed by atoms with E-state index in [2.05, 4.69) is 0 Å². The van der Waals surface area contributed by atoms with Crippen LogP contribution in [0.25, 0.3) is 5.69 Å². The molecule has 1 aliphatic heterocycles. The molecule has 3 rings (SSSR count). The van der Waals surface area contributed by atoms with Crippen molar-refractivity contribution in [1.82, 2.24) is 9.13 Å². The molecule has 0 amide bonds. The van der Waals surface area contributed by atoms with Crippen LogP contribution < -0.4 is 11.2 Å². The third kappa shape index (κ3) is 5.35. The number of carbonyl (C=O) groups excluding carboxylic acids is 1. The second kappa shape index (κ2) is 8.75. The molecule has 0 bridgehead atoms. The highest BCUT2D eigenvalue weighted by molar-refractivity contribution is 8.01. The monoisotopic (exact) mass is 522 g/mol. The Morgan fingerprint density at radius 1 is 1.12 bits per heavy atom. The van der Waals surface area contributed by atoms with Crippen LogP contribution in [-0.4, -0.2) is 30.7 Å². The smallest absolute Gasteiger partial charge is 0.431 e. The van der Waals surface area contributed by atoms with Crippen LogP contribution in [0.2, 0.25) is 5.02 Å². The molecule has 0 unspecified atom stereocenters. The van der Waals surface area contributed by atoms with E-state index in [1.54, 1.807) is 11.8 Å². The van der Waals surface area contributed by atoms with Gasteiger partial charge in [-0.05, 0) is 25.0 Å². The molecule has 1 fully saturated rings. The normalized spacial score (nSPS) is 18.1. The summed E-state index contributed by atoms with van der Waals surface area (Å²) in [6, 6.07) is 1.73. The van der Waals surface area contributed by atoms with Crippen LogP contribution in [0.1, 0.15) is 56.6 Å². The minimum atomic E-state index is -4.97. The summed E-state index contributed by atoms with van der Waals surface area (Å²) in [5.74, 6) is -2.07. The summed E-state index contributed by atoms with van der Waals surface area (Å²) in [7, 11) is 0.800. The second-order valence-corrected chi connectivity index (χ2v) is 12.2. The Bertz CT molecular complexity index is 1250. The first-order valence-corrected chi connectivity index (χ1v) is 11.4. The van der Waals surface area contributed by atoms with Crippen molar-refractivity contribution in [2.75, 3.05) is 0 Å². The number of nitrogens with zero attached hydrogens (tertiary/aromatic N) is 2. The molecule has 1 aromatic carbocycles. The van der Waals surface area contributed by atoms with Gasteiger partial charge >= 0.3 is 17.8 Å². The van der Waals surface area contributed by atoms with Gasteiger partial charge in [0.1, 0.15) is 17.6 Å². The molecular weight excluding hydrogens is 500 g/mol. The summed E-state index contributed by atoms with van der Waals surface area (Å²) in [4.78, 5) is 37.8. The summed E-state index contributed by atoms with van der Waals surface area (Å²) >= 11 is 7.81. The van der Waals surface area contributed by atoms with Crippen molar-refractivity contribution in [1.29, 1.82) is 0 Å². The van der Waals surface area contributed by atoms with Crippen LogP contribution in [-0.2, 0) is 18.0 Å². The number of esters is 1. The zero-order valence-corrected chi connectivity index (χ0v) is 20.6. The number of halogens is 5. The van der Waals surface area contributed by atoms with E-state index in [1.165, 1.54) is 0 Å². The lowest BCUT2D eigenvalue weighted by Crippen LogP contribution is -2.41. The second-order valence-electron chi connectivity index (χ2n) is 9.38. The van der Waals surface area contributed by atoms with E-state index in [9.17, 15) is 31.9 Å². The third-order valence-corrected chi connectivity index (χ3v) is 7.12. The molecule has 0 spiro atoms. The molecule has 34 heavy (non-hydrogen) atoms. The maximum Gasteiger partial charge on any atom is 0.431 e. The lowest BCUT2D eigenvalue weighted by atomic mass is 9.95. The maximum atomic E-state index is 14.7. The zero-order chi connectivity index (χ0) is 25.8. The Kier molecular flexibility index (Phi) is 6.77. The van der Waals surface area contributed by atoms with Crippen molar-refractivity contribution in [3.8, 4) is 5.69 Å². The fraction of sp³-hybridized carbons (Fsp3) is 0.500. The van der Waals surface area contributed by atoms with Crippen molar-refractivity contribution in [3.05, 3.63) is 61.1 Å². The molecule has 0 aliphatic carbocycles. The fourth-order valence-corrected chi connectivity index (χ4v) is 6.54. The number of rotatable bonds is 3. The number of alkyl halides is 3. The van der Waals surface area contributed by atoms with Gasteiger partial charge in [-0.2, -0.15) is 13.2 Å². The SMILES string of the molecule is Cn1c(C(F)(F)F)cc(=O)n(-c2cc(C(=O)OC3CC(C)(C)SC(C)(C)C3)c(Cl)cc2F)c1=O. The molecule has 12 heteroatoms. The van der Waals surface area contributed by atoms with Crippen LogP contribution >= 0.6 is 23.4 Å². The van der Waals surface area contributed by atoms with E-state index in [-0.39, 0.29) is 35.3 Å². The standard InChI is InChI=1S/C22H23ClF4N2O4S/c1-20(2)9-11(10-21(3,4)34-20)33-18(31)12-6-15(14(24)7-13(12)23)29-17(30)8-16(22(25,26)27)28(5)19(29)32/h6-8,11H,9-10H2,1-5H3. The van der Waals surface area contributed by atoms with Crippen molar-refractivity contribution in [3.63, 3.8) is 0 Å². The molecule has 0 radical (unpaired) electrons. The molecule has 1 aromatic heterocycles. The van der Waals surface area contributed by atoms with Gasteiger partial charge in [0.15, 0.2) is 0 Å². The van der Waals surface area contributed by atoms with E-state index in [4.69, 9.17) is 16.3 Å². The third-order valence-electron chi connectivity index (χ3n) is 5.37. The molecule has 0 atom stereocenters. The van der Waals surface area contributed by atoms with Crippen molar-refractivity contribution < 1.29 is 27.1 Å². The number of hydrogen-bond donors (Lipinski definition) is 0. The van der Waals surface area contributed by atoms with Crippen molar-refractivity contribution in [2.24, 2.45) is 7.05 Å². The van der Waals surface area contributed by atoms with Crippen LogP contribution in [0.5, 0.6) is 0 Å². The first-order chi connectivity index (χ1) is 15.4. The van der Waals surface area contributed by atoms with E-state index in [1.807, 2.05) is 27.7 Å². The summed E-state index contributed by atoms with van der Waals surface area (Å²) < 4.78 is 59.7. The average molecular weight is 523 g/mol. The van der Waals surface area contributed by atoms with Gasteiger partial charge in [-0.1, -0.05) is 39.3 Å². The average Bonchev–Trinajstić information content (AvgIpc) is 2.62. The van der Waals surface area contributed by atoms with E-state index < -0.39 is 46.7 Å². The molecule has 1 saturated heterocycles. The van der Waals surface area contributed by atoms with Gasteiger partial charge in [0.25, 0.3) is 5.56 Å². The predicted octanol–water partition coefficient (Wildman–Crippen LogP) is 4.96. The summed E-state index contributed by atoms with van der Waals surface area (Å²) in [5.41, 5.74) is -5.37. The molecular formula is C22H23ClF4N2O4S. The molecule has 0 N–H and O–H groups in total. The highest BCUT2D eigenvalue weighted by Crippen LogP contribution is 2.48. The summed E-state index contributed by atoms with van der Waals surface area (Å²) in [5, 5.41) is -0.327. The number of ether oxygens (including phenoxy) is 1. The quantitative estimate of drug-likeness (QED) is 0.421. The van der Waals surface area contributed by atoms with Crippen LogP contribution in [0.3, 0.4) is 0 Å². The molecule has 2 aromatic rings. The lowest BCUT2D eigenvalue weighted by molar-refractivity contribution is -0.144. The van der Waals surface area contributed by atoms with E-state index in [0.717, 1.165) is 13.1 Å². The van der Waals surface area contributed by atoms with Gasteiger partial charge in [0.2, 0.25) is 0 Å². The van der Waals surface area contributed by atoms with E-state index in [0.29, 0.717) is 18.9 Å². The number of hydrogen-bond acceptors (Lipinski definition) is 5. The molecule has 6 nitrogen and oxygen atoms in total. The van der Waals surface area contributed by atoms with Gasteiger partial charge in [-0.15, -0.1) is 11.8 Å². The molecule has 1 aliphatic rings. The van der Waals surface area contributed by atoms with Gasteiger partial charge < -0.3 is 4.74 Å². The molecule has 2 heterocycles. The van der Waals surface area contributed by atoms with Gasteiger partial charge in [-0.3, -0.25) is 9.36 Å². The maximum absolute atomic E-state index is 14.7. The van der Waals surface area contributed by atoms with Crippen LogP contribution in [0.15, 0.2) is 27.8 Å². The number of aromatic nitrogens is 2. The van der Waals surface area contributed by atoms with Crippen molar-refractivity contribution in [2.45, 2.75) is 62.3 Å². The first-order valence-electron chi connectivity index (χ1n) is 10.2. The summed E-state index contributed by atoms with van der Waals surface area (Å²) in [6.07, 6.45) is -4.33. The number of carbonyl (C=O) groups is 1. The molecule has 0 saturated carbocycles. The predicted molar refractivity (Wildman–Crippen MR) is 121 cm³/mol. The Morgan fingerprint density at radius 3 is 2.21 bits per heavy atom. The van der Waals surface area contributed by atoms with Gasteiger partial charge in [0, 0.05) is 22.6 Å². The lowest BCUT2D eigenvalue weighted by Gasteiger charge is -2.43. The van der Waals surface area contributed by atoms with Crippen LogP contribution in [0, 0.1) is 5.82 Å². The largest absolute Gasteiger partial charge is 0.459 e. The van der Waals surface area contributed by atoms with E-state index >= 15 is 0 Å². The first kappa shape index (κ1) is 26.3. The minimum absolute atomic E-state index is 0.176. The summed E-state index contributed by atoms with van der Waals surface area (Å²) in [6.45, 7) is 8.09. The topological polar surface area (TPSA) is 70.3 Å². The van der Waals surface area contributed by atoms with Crippen LogP contribution in [0.4, 0.5) is 17.6 Å². The molecule has 186 valence electrons. The zero-order valence-electron chi connectivity index (χ0n) is 19.0. The number of benzene rings is 1. The number of thioether (sulfide) groups is 1. The highest BCUT2D eigenvalue weighted by Gasteiger charge is 2.41. The Hall–Kier alpha value is -2.27. The fourth-order valence-electron chi connectivity index (χ4n) is 4.28. The Balaban J connectivity index is 2.05. The Morgan fingerprint density at radius 2 is 1.68 bits per heavy atom. The van der Waals surface area contributed by atoms with Crippen molar-refractivity contribution >= 4 is 29.3 Å². The van der Waals surface area contributed by atoms with Gasteiger partial charge in [0.05, 0.1) is 16.3 Å².